The van der Waals surface area contributed by atoms with Crippen LogP contribution in [0.4, 0.5) is 0 Å². The van der Waals surface area contributed by atoms with Crippen molar-refractivity contribution < 1.29 is 0 Å². The van der Waals surface area contributed by atoms with Crippen LogP contribution in [0.1, 0.15) is 33.1 Å². The monoisotopic (exact) mass is 230 g/mol. The zero-order valence-electron chi connectivity index (χ0n) is 10.8. The van der Waals surface area contributed by atoms with Crippen LogP contribution < -0.4 is 5.32 Å². The van der Waals surface area contributed by atoms with E-state index in [2.05, 4.69) is 60.5 Å². The van der Waals surface area contributed by atoms with Gasteiger partial charge in [0.2, 0.25) is 0 Å². The van der Waals surface area contributed by atoms with Gasteiger partial charge in [0.25, 0.3) is 0 Å². The van der Waals surface area contributed by atoms with Crippen molar-refractivity contribution in [2.24, 2.45) is 0 Å². The van der Waals surface area contributed by atoms with E-state index in [1.807, 2.05) is 0 Å². The summed E-state index contributed by atoms with van der Waals surface area (Å²) < 4.78 is 0. The van der Waals surface area contributed by atoms with Crippen molar-refractivity contribution in [2.45, 2.75) is 56.9 Å². The minimum absolute atomic E-state index is 0.101. The molecule has 3 unspecified atom stereocenters. The number of allylic oxidation sites excluding steroid dienone is 3. The molecular formula is C15H22N2. The van der Waals surface area contributed by atoms with E-state index in [0.717, 1.165) is 0 Å². The Balaban J connectivity index is 1.87. The second-order valence-corrected chi connectivity index (χ2v) is 5.84. The van der Waals surface area contributed by atoms with E-state index in [4.69, 9.17) is 0 Å². The lowest BCUT2D eigenvalue weighted by molar-refractivity contribution is 0.0741. The summed E-state index contributed by atoms with van der Waals surface area (Å²) in [5.41, 5.74) is 0.101. The summed E-state index contributed by atoms with van der Waals surface area (Å²) in [6.45, 7) is 4.62. The average Bonchev–Trinajstić information content (AvgIpc) is 2.60. The summed E-state index contributed by atoms with van der Waals surface area (Å²) >= 11 is 0. The van der Waals surface area contributed by atoms with Crippen LogP contribution in [-0.4, -0.2) is 28.7 Å². The minimum Gasteiger partial charge on any atom is -0.291 e. The molecule has 0 aromatic carbocycles. The van der Waals surface area contributed by atoms with Crippen molar-refractivity contribution >= 4 is 0 Å². The first kappa shape index (κ1) is 11.2. The molecule has 0 radical (unpaired) electrons. The topological polar surface area (TPSA) is 15.3 Å². The molecule has 2 heteroatoms. The van der Waals surface area contributed by atoms with Gasteiger partial charge in [-0.15, -0.1) is 0 Å². The van der Waals surface area contributed by atoms with Crippen molar-refractivity contribution in [3.63, 3.8) is 0 Å². The maximum absolute atomic E-state index is 3.74. The molecule has 1 heterocycles. The van der Waals surface area contributed by atoms with Crippen LogP contribution >= 0.6 is 0 Å². The van der Waals surface area contributed by atoms with Crippen LogP contribution in [-0.2, 0) is 0 Å². The van der Waals surface area contributed by atoms with Crippen LogP contribution in [0.15, 0.2) is 36.5 Å². The SMILES string of the molecule is CC1(C)NC2C=CC=CC2N1C1CC=CCC1. The Morgan fingerprint density at radius 2 is 2.00 bits per heavy atom. The molecule has 0 bridgehead atoms. The zero-order valence-corrected chi connectivity index (χ0v) is 10.8. The lowest BCUT2D eigenvalue weighted by atomic mass is 9.95. The zero-order chi connectivity index (χ0) is 11.9. The van der Waals surface area contributed by atoms with Crippen molar-refractivity contribution in [3.8, 4) is 0 Å². The fraction of sp³-hybridized carbons (Fsp3) is 0.600. The van der Waals surface area contributed by atoms with Gasteiger partial charge in [-0.2, -0.15) is 0 Å². The average molecular weight is 230 g/mol. The normalized spacial score (nSPS) is 39.5. The predicted molar refractivity (Wildman–Crippen MR) is 71.7 cm³/mol. The number of rotatable bonds is 1. The first-order valence-corrected chi connectivity index (χ1v) is 6.75. The Morgan fingerprint density at radius 1 is 1.18 bits per heavy atom. The van der Waals surface area contributed by atoms with Crippen molar-refractivity contribution in [1.82, 2.24) is 10.2 Å². The van der Waals surface area contributed by atoms with Gasteiger partial charge in [-0.1, -0.05) is 36.5 Å². The minimum atomic E-state index is 0.101. The van der Waals surface area contributed by atoms with Crippen LogP contribution in [0.2, 0.25) is 0 Å². The number of nitrogens with zero attached hydrogens (tertiary/aromatic N) is 1. The van der Waals surface area contributed by atoms with Gasteiger partial charge in [-0.25, -0.2) is 0 Å². The highest BCUT2D eigenvalue weighted by atomic mass is 15.4. The molecular weight excluding hydrogens is 208 g/mol. The van der Waals surface area contributed by atoms with Crippen LogP contribution in [0.3, 0.4) is 0 Å². The fourth-order valence-corrected chi connectivity index (χ4v) is 3.58. The standard InChI is InChI=1S/C15H22N2/c1-15(2)16-13-10-6-7-11-14(13)17(15)12-8-4-3-5-9-12/h3-4,6-7,10-14,16H,5,8-9H2,1-2H3. The highest BCUT2D eigenvalue weighted by Gasteiger charge is 2.46. The number of hydrogen-bond acceptors (Lipinski definition) is 2. The van der Waals surface area contributed by atoms with E-state index in [0.29, 0.717) is 18.1 Å². The molecule has 0 saturated carbocycles. The molecule has 1 N–H and O–H groups in total. The summed E-state index contributed by atoms with van der Waals surface area (Å²) in [6, 6.07) is 1.71. The molecule has 1 aliphatic heterocycles. The summed E-state index contributed by atoms with van der Waals surface area (Å²) in [6.07, 6.45) is 17.4. The molecule has 3 atom stereocenters. The molecule has 3 rings (SSSR count). The van der Waals surface area contributed by atoms with Crippen LogP contribution in [0.25, 0.3) is 0 Å². The Kier molecular flexibility index (Phi) is 2.72. The molecule has 0 aromatic heterocycles. The lowest BCUT2D eigenvalue weighted by Crippen LogP contribution is -2.53. The second kappa shape index (κ2) is 4.11. The van der Waals surface area contributed by atoms with Gasteiger partial charge in [0, 0.05) is 18.1 Å². The molecule has 1 fully saturated rings. The third kappa shape index (κ3) is 1.90. The van der Waals surface area contributed by atoms with Crippen molar-refractivity contribution in [1.29, 1.82) is 0 Å². The molecule has 3 aliphatic rings. The van der Waals surface area contributed by atoms with Gasteiger partial charge in [-0.05, 0) is 33.1 Å². The number of fused-ring (bicyclic) bond motifs is 1. The highest BCUT2D eigenvalue weighted by molar-refractivity contribution is 5.25. The Bertz CT molecular complexity index is 378. The quantitative estimate of drug-likeness (QED) is 0.697. The first-order valence-electron chi connectivity index (χ1n) is 6.75. The first-order chi connectivity index (χ1) is 8.18. The molecule has 0 aromatic rings. The van der Waals surface area contributed by atoms with E-state index in [1.54, 1.807) is 0 Å². The molecule has 2 aliphatic carbocycles. The fourth-order valence-electron chi connectivity index (χ4n) is 3.58. The predicted octanol–water partition coefficient (Wildman–Crippen LogP) is 2.60. The van der Waals surface area contributed by atoms with Crippen molar-refractivity contribution in [2.75, 3.05) is 0 Å². The van der Waals surface area contributed by atoms with E-state index in [-0.39, 0.29) is 5.66 Å². The molecule has 0 spiro atoms. The van der Waals surface area contributed by atoms with E-state index in [1.165, 1.54) is 19.3 Å². The summed E-state index contributed by atoms with van der Waals surface area (Å²) in [7, 11) is 0. The number of nitrogens with one attached hydrogen (secondary N) is 1. The Labute approximate surface area is 104 Å². The second-order valence-electron chi connectivity index (χ2n) is 5.84. The highest BCUT2D eigenvalue weighted by Crippen LogP contribution is 2.34. The molecule has 17 heavy (non-hydrogen) atoms. The third-order valence-corrected chi connectivity index (χ3v) is 4.23. The summed E-state index contributed by atoms with van der Waals surface area (Å²) in [5, 5.41) is 3.74. The van der Waals surface area contributed by atoms with Crippen LogP contribution in [0, 0.1) is 0 Å². The molecule has 2 nitrogen and oxygen atoms in total. The summed E-state index contributed by atoms with van der Waals surface area (Å²) in [5.74, 6) is 0. The smallest absolute Gasteiger partial charge is 0.0668 e. The lowest BCUT2D eigenvalue weighted by Gasteiger charge is -2.41. The third-order valence-electron chi connectivity index (χ3n) is 4.23. The van der Waals surface area contributed by atoms with Crippen LogP contribution in [0.5, 0.6) is 0 Å². The van der Waals surface area contributed by atoms with Gasteiger partial charge < -0.3 is 0 Å². The van der Waals surface area contributed by atoms with Gasteiger partial charge >= 0.3 is 0 Å². The maximum Gasteiger partial charge on any atom is 0.0668 e. The van der Waals surface area contributed by atoms with Gasteiger partial charge in [-0.3, -0.25) is 10.2 Å². The maximum atomic E-state index is 3.74. The van der Waals surface area contributed by atoms with Gasteiger partial charge in [0.1, 0.15) is 0 Å². The van der Waals surface area contributed by atoms with E-state index in [9.17, 15) is 0 Å². The largest absolute Gasteiger partial charge is 0.291 e. The summed E-state index contributed by atoms with van der Waals surface area (Å²) in [4.78, 5) is 2.68. The van der Waals surface area contributed by atoms with Gasteiger partial charge in [0.15, 0.2) is 0 Å². The molecule has 92 valence electrons. The van der Waals surface area contributed by atoms with Crippen molar-refractivity contribution in [3.05, 3.63) is 36.5 Å². The number of hydrogen-bond donors (Lipinski definition) is 1. The van der Waals surface area contributed by atoms with E-state index >= 15 is 0 Å². The van der Waals surface area contributed by atoms with E-state index < -0.39 is 0 Å². The Hall–Kier alpha value is -0.860. The van der Waals surface area contributed by atoms with Gasteiger partial charge in [0.05, 0.1) is 5.66 Å². The molecule has 1 saturated heterocycles. The Morgan fingerprint density at radius 3 is 2.76 bits per heavy atom. The molecule has 0 amide bonds.